The Hall–Kier alpha value is -2.87. The highest BCUT2D eigenvalue weighted by Gasteiger charge is 2.46. The summed E-state index contributed by atoms with van der Waals surface area (Å²) in [6.45, 7) is 3.16. The zero-order valence-corrected chi connectivity index (χ0v) is 17.8. The molecular formula is C22H26N4O3S. The maximum Gasteiger partial charge on any atom is 0.408 e. The summed E-state index contributed by atoms with van der Waals surface area (Å²) in [5, 5.41) is 9.82. The highest BCUT2D eigenvalue weighted by molar-refractivity contribution is 7.71. The first kappa shape index (κ1) is 20.4. The van der Waals surface area contributed by atoms with Crippen LogP contribution in [0.2, 0.25) is 0 Å². The zero-order chi connectivity index (χ0) is 21.3. The van der Waals surface area contributed by atoms with Gasteiger partial charge in [0, 0.05) is 12.7 Å². The molecule has 1 saturated carbocycles. The van der Waals surface area contributed by atoms with Gasteiger partial charge in [-0.1, -0.05) is 37.6 Å². The summed E-state index contributed by atoms with van der Waals surface area (Å²) < 4.78 is 2.27. The van der Waals surface area contributed by atoms with Crippen LogP contribution in [0.1, 0.15) is 50.2 Å². The average Bonchev–Trinajstić information content (AvgIpc) is 3.18. The van der Waals surface area contributed by atoms with E-state index >= 15 is 0 Å². The van der Waals surface area contributed by atoms with E-state index < -0.39 is 11.6 Å². The van der Waals surface area contributed by atoms with E-state index in [1.165, 1.54) is 0 Å². The van der Waals surface area contributed by atoms with Crippen LogP contribution in [0.25, 0.3) is 11.0 Å². The molecule has 1 aliphatic rings. The second-order valence-corrected chi connectivity index (χ2v) is 8.34. The molecule has 2 aromatic heterocycles. The number of amides is 1. The van der Waals surface area contributed by atoms with Crippen molar-refractivity contribution in [2.45, 2.75) is 51.1 Å². The van der Waals surface area contributed by atoms with Crippen LogP contribution in [0.15, 0.2) is 41.3 Å². The Balaban J connectivity index is 1.63. The number of H-pyrrole nitrogens is 2. The molecule has 3 N–H and O–H groups in total. The van der Waals surface area contributed by atoms with Crippen molar-refractivity contribution < 1.29 is 9.90 Å². The van der Waals surface area contributed by atoms with E-state index in [0.29, 0.717) is 23.4 Å². The summed E-state index contributed by atoms with van der Waals surface area (Å²) >= 11 is 5.37. The van der Waals surface area contributed by atoms with Crippen molar-refractivity contribution in [2.24, 2.45) is 0 Å². The van der Waals surface area contributed by atoms with Gasteiger partial charge in [-0.25, -0.2) is 4.79 Å². The zero-order valence-electron chi connectivity index (χ0n) is 17.0. The van der Waals surface area contributed by atoms with Gasteiger partial charge in [0.2, 0.25) is 0 Å². The van der Waals surface area contributed by atoms with Crippen LogP contribution in [0, 0.1) is 4.77 Å². The fraction of sp³-hybridized carbons (Fsp3) is 0.409. The molecule has 0 bridgehead atoms. The van der Waals surface area contributed by atoms with Crippen LogP contribution in [-0.2, 0) is 12.1 Å². The standard InChI is InChI=1S/C22H26N4O3S/c1-2-3-13-26(21(28)29)22(10-4-11-22)16-7-5-15(6-8-16)14-25-17-9-12-23-18(17)19(27)24-20(25)30/h5-9,12,23H,2-4,10-11,13-14H2,1H3,(H,28,29)(H,24,27,30). The van der Waals surface area contributed by atoms with Gasteiger partial charge in [0.15, 0.2) is 4.77 Å². The maximum atomic E-state index is 12.0. The minimum atomic E-state index is -0.846. The minimum absolute atomic E-state index is 0.223. The Morgan fingerprint density at radius 1 is 1.27 bits per heavy atom. The molecule has 2 heterocycles. The molecule has 30 heavy (non-hydrogen) atoms. The molecule has 1 fully saturated rings. The number of nitrogens with zero attached hydrogens (tertiary/aromatic N) is 2. The first-order chi connectivity index (χ1) is 14.5. The van der Waals surface area contributed by atoms with Gasteiger partial charge >= 0.3 is 6.09 Å². The van der Waals surface area contributed by atoms with Gasteiger partial charge in [0.05, 0.1) is 17.6 Å². The number of nitrogens with one attached hydrogen (secondary N) is 2. The number of fused-ring (bicyclic) bond motifs is 1. The van der Waals surface area contributed by atoms with Crippen LogP contribution in [-0.4, -0.2) is 37.2 Å². The van der Waals surface area contributed by atoms with Gasteiger partial charge < -0.3 is 14.7 Å². The van der Waals surface area contributed by atoms with Gasteiger partial charge in [-0.05, 0) is 55.1 Å². The predicted molar refractivity (Wildman–Crippen MR) is 118 cm³/mol. The smallest absolute Gasteiger partial charge is 0.408 e. The molecule has 1 aromatic carbocycles. The largest absolute Gasteiger partial charge is 0.465 e. The molecule has 1 amide bonds. The molecule has 0 aliphatic heterocycles. The lowest BCUT2D eigenvalue weighted by molar-refractivity contribution is 0.0188. The topological polar surface area (TPSA) is 94.1 Å². The fourth-order valence-corrected chi connectivity index (χ4v) is 4.66. The van der Waals surface area contributed by atoms with E-state index in [1.54, 1.807) is 11.1 Å². The Morgan fingerprint density at radius 3 is 2.60 bits per heavy atom. The molecule has 0 saturated heterocycles. The number of benzene rings is 1. The molecule has 0 atom stereocenters. The van der Waals surface area contributed by atoms with Gasteiger partial charge in [0.1, 0.15) is 5.52 Å². The van der Waals surface area contributed by atoms with Gasteiger partial charge in [-0.3, -0.25) is 14.7 Å². The summed E-state index contributed by atoms with van der Waals surface area (Å²) in [6.07, 6.45) is 5.46. The number of aromatic amines is 2. The van der Waals surface area contributed by atoms with Crippen molar-refractivity contribution in [3.63, 3.8) is 0 Å². The molecule has 3 aromatic rings. The first-order valence-electron chi connectivity index (χ1n) is 10.4. The Bertz CT molecular complexity index is 1170. The summed E-state index contributed by atoms with van der Waals surface area (Å²) in [4.78, 5) is 31.3. The van der Waals surface area contributed by atoms with E-state index in [9.17, 15) is 14.7 Å². The first-order valence-corrected chi connectivity index (χ1v) is 10.8. The molecular weight excluding hydrogens is 400 g/mol. The summed E-state index contributed by atoms with van der Waals surface area (Å²) in [5.74, 6) is 0. The second kappa shape index (κ2) is 8.10. The summed E-state index contributed by atoms with van der Waals surface area (Å²) in [5.41, 5.74) is 2.71. The Labute approximate surface area is 179 Å². The molecule has 7 nitrogen and oxygen atoms in total. The third-order valence-electron chi connectivity index (χ3n) is 6.20. The molecule has 1 aliphatic carbocycles. The van der Waals surface area contributed by atoms with Gasteiger partial charge in [0.25, 0.3) is 5.56 Å². The average molecular weight is 427 g/mol. The normalized spacial score (nSPS) is 15.1. The lowest BCUT2D eigenvalue weighted by atomic mass is 9.70. The highest BCUT2D eigenvalue weighted by atomic mass is 32.1. The Morgan fingerprint density at radius 2 is 2.00 bits per heavy atom. The molecule has 0 unspecified atom stereocenters. The van der Waals surface area contributed by atoms with Crippen molar-refractivity contribution in [1.82, 2.24) is 19.4 Å². The monoisotopic (exact) mass is 426 g/mol. The third kappa shape index (κ3) is 3.45. The van der Waals surface area contributed by atoms with Crippen molar-refractivity contribution in [1.29, 1.82) is 0 Å². The van der Waals surface area contributed by atoms with Crippen molar-refractivity contribution >= 4 is 29.3 Å². The van der Waals surface area contributed by atoms with E-state index in [2.05, 4.69) is 16.9 Å². The number of aromatic nitrogens is 3. The number of rotatable bonds is 7. The molecule has 4 rings (SSSR count). The fourth-order valence-electron chi connectivity index (χ4n) is 4.40. The van der Waals surface area contributed by atoms with Crippen molar-refractivity contribution in [2.75, 3.05) is 6.54 Å². The number of hydrogen-bond acceptors (Lipinski definition) is 3. The summed E-state index contributed by atoms with van der Waals surface area (Å²) in [7, 11) is 0. The van der Waals surface area contributed by atoms with Crippen molar-refractivity contribution in [3.05, 3.63) is 62.8 Å². The van der Waals surface area contributed by atoms with Gasteiger partial charge in [-0.2, -0.15) is 0 Å². The lowest BCUT2D eigenvalue weighted by Gasteiger charge is -2.49. The number of hydrogen-bond donors (Lipinski definition) is 3. The quantitative estimate of drug-likeness (QED) is 0.482. The molecule has 8 heteroatoms. The van der Waals surface area contributed by atoms with Crippen LogP contribution >= 0.6 is 12.2 Å². The maximum absolute atomic E-state index is 12.0. The number of carboxylic acid groups (broad SMARTS) is 1. The number of unbranched alkanes of at least 4 members (excludes halogenated alkanes) is 1. The highest BCUT2D eigenvalue weighted by Crippen LogP contribution is 2.46. The summed E-state index contributed by atoms with van der Waals surface area (Å²) in [6, 6.07) is 9.98. The van der Waals surface area contributed by atoms with E-state index in [0.717, 1.165) is 48.7 Å². The second-order valence-electron chi connectivity index (χ2n) is 7.95. The molecule has 0 spiro atoms. The van der Waals surface area contributed by atoms with Crippen molar-refractivity contribution in [3.8, 4) is 0 Å². The Kier molecular flexibility index (Phi) is 5.51. The van der Waals surface area contributed by atoms with Crippen LogP contribution < -0.4 is 5.56 Å². The number of carbonyl (C=O) groups is 1. The van der Waals surface area contributed by atoms with Crippen LogP contribution in [0.4, 0.5) is 4.79 Å². The van der Waals surface area contributed by atoms with E-state index in [4.69, 9.17) is 12.2 Å². The SMILES string of the molecule is CCCCN(C(=O)O)C1(c2ccc(Cn3c(=S)[nH]c(=O)c4[nH]ccc43)cc2)CCC1. The van der Waals surface area contributed by atoms with Crippen LogP contribution in [0.5, 0.6) is 0 Å². The predicted octanol–water partition coefficient (Wildman–Crippen LogP) is 4.59. The molecule has 158 valence electrons. The van der Waals surface area contributed by atoms with E-state index in [1.807, 2.05) is 34.9 Å². The van der Waals surface area contributed by atoms with E-state index in [-0.39, 0.29) is 5.56 Å². The minimum Gasteiger partial charge on any atom is -0.465 e. The molecule has 0 radical (unpaired) electrons. The third-order valence-corrected chi connectivity index (χ3v) is 6.53. The van der Waals surface area contributed by atoms with Crippen LogP contribution in [0.3, 0.4) is 0 Å². The van der Waals surface area contributed by atoms with Gasteiger partial charge in [-0.15, -0.1) is 0 Å². The lowest BCUT2D eigenvalue weighted by Crippen LogP contribution is -2.53.